The summed E-state index contributed by atoms with van der Waals surface area (Å²) in [5, 5.41) is 14.8. The maximum atomic E-state index is 13.1. The standard InChI is InChI=1S/C21H29N3O2/c1-14(2)12-24-16(4)19(15(3)22-24)11-21(26)23-13-18(25)10-20(23)17-8-6-5-7-9-17/h5-9,14,18,20,25H,10-13H2,1-4H3. The molecule has 2 atom stereocenters. The maximum absolute atomic E-state index is 13.1. The molecule has 2 unspecified atom stereocenters. The van der Waals surface area contributed by atoms with Crippen molar-refractivity contribution < 1.29 is 9.90 Å². The second-order valence-corrected chi connectivity index (χ2v) is 7.76. The average molecular weight is 355 g/mol. The molecule has 1 amide bonds. The predicted molar refractivity (Wildman–Crippen MR) is 102 cm³/mol. The van der Waals surface area contributed by atoms with E-state index < -0.39 is 6.10 Å². The number of hydrogen-bond acceptors (Lipinski definition) is 3. The average Bonchev–Trinajstić information content (AvgIpc) is 3.11. The molecule has 5 heteroatoms. The minimum atomic E-state index is -0.463. The van der Waals surface area contributed by atoms with Gasteiger partial charge in [0.15, 0.2) is 0 Å². The van der Waals surface area contributed by atoms with Gasteiger partial charge in [-0.05, 0) is 31.7 Å². The number of rotatable bonds is 5. The molecule has 0 bridgehead atoms. The fourth-order valence-corrected chi connectivity index (χ4v) is 3.85. The van der Waals surface area contributed by atoms with Crippen molar-refractivity contribution in [2.24, 2.45) is 5.92 Å². The summed E-state index contributed by atoms with van der Waals surface area (Å²) >= 11 is 0. The number of aryl methyl sites for hydroxylation is 1. The number of nitrogens with zero attached hydrogens (tertiary/aromatic N) is 3. The van der Waals surface area contributed by atoms with Gasteiger partial charge in [-0.25, -0.2) is 0 Å². The summed E-state index contributed by atoms with van der Waals surface area (Å²) in [5.41, 5.74) is 4.10. The summed E-state index contributed by atoms with van der Waals surface area (Å²) < 4.78 is 2.01. The Labute approximate surface area is 155 Å². The van der Waals surface area contributed by atoms with Crippen LogP contribution in [-0.4, -0.2) is 38.3 Å². The molecule has 1 saturated heterocycles. The second kappa shape index (κ2) is 7.62. The van der Waals surface area contributed by atoms with Gasteiger partial charge in [0.2, 0.25) is 5.91 Å². The highest BCUT2D eigenvalue weighted by Crippen LogP contribution is 2.33. The lowest BCUT2D eigenvalue weighted by molar-refractivity contribution is -0.131. The van der Waals surface area contributed by atoms with Crippen LogP contribution in [0, 0.1) is 19.8 Å². The molecule has 0 saturated carbocycles. The number of benzene rings is 1. The van der Waals surface area contributed by atoms with Crippen LogP contribution in [0.4, 0.5) is 0 Å². The molecule has 0 spiro atoms. The third-order valence-electron chi connectivity index (χ3n) is 5.18. The van der Waals surface area contributed by atoms with Gasteiger partial charge in [0.1, 0.15) is 0 Å². The van der Waals surface area contributed by atoms with Gasteiger partial charge >= 0.3 is 0 Å². The Hall–Kier alpha value is -2.14. The molecule has 5 nitrogen and oxygen atoms in total. The molecule has 1 aromatic carbocycles. The Morgan fingerprint density at radius 1 is 1.27 bits per heavy atom. The lowest BCUT2D eigenvalue weighted by Crippen LogP contribution is -2.33. The summed E-state index contributed by atoms with van der Waals surface area (Å²) in [7, 11) is 0. The monoisotopic (exact) mass is 355 g/mol. The van der Waals surface area contributed by atoms with Crippen molar-refractivity contribution in [3.05, 3.63) is 52.8 Å². The highest BCUT2D eigenvalue weighted by Gasteiger charge is 2.35. The molecule has 1 aromatic heterocycles. The van der Waals surface area contributed by atoms with Crippen LogP contribution in [0.25, 0.3) is 0 Å². The Balaban J connectivity index is 1.80. The van der Waals surface area contributed by atoms with Crippen molar-refractivity contribution in [1.82, 2.24) is 14.7 Å². The number of β-amino-alcohol motifs (C(OH)–C–C–N with tert-alkyl or cyclic N) is 1. The third kappa shape index (κ3) is 3.83. The number of amides is 1. The number of likely N-dealkylation sites (tertiary alicyclic amines) is 1. The van der Waals surface area contributed by atoms with Crippen LogP contribution in [0.15, 0.2) is 30.3 Å². The van der Waals surface area contributed by atoms with Crippen LogP contribution in [0.1, 0.15) is 48.8 Å². The van der Waals surface area contributed by atoms with Gasteiger partial charge in [0.05, 0.1) is 24.3 Å². The van der Waals surface area contributed by atoms with Gasteiger partial charge in [0.25, 0.3) is 0 Å². The van der Waals surface area contributed by atoms with Crippen molar-refractivity contribution in [2.45, 2.75) is 59.2 Å². The quantitative estimate of drug-likeness (QED) is 0.897. The summed E-state index contributed by atoms with van der Waals surface area (Å²) in [6, 6.07) is 9.93. The van der Waals surface area contributed by atoms with Crippen molar-refractivity contribution in [3.8, 4) is 0 Å². The Morgan fingerprint density at radius 2 is 1.96 bits per heavy atom. The minimum Gasteiger partial charge on any atom is -0.391 e. The highest BCUT2D eigenvalue weighted by atomic mass is 16.3. The van der Waals surface area contributed by atoms with E-state index in [9.17, 15) is 9.90 Å². The zero-order valence-electron chi connectivity index (χ0n) is 16.1. The number of carbonyl (C=O) groups is 1. The SMILES string of the molecule is Cc1nn(CC(C)C)c(C)c1CC(=O)N1CC(O)CC1c1ccccc1. The molecule has 1 fully saturated rings. The van der Waals surface area contributed by atoms with Crippen LogP contribution in [0.3, 0.4) is 0 Å². The first kappa shape index (κ1) is 18.6. The summed E-state index contributed by atoms with van der Waals surface area (Å²) in [6.45, 7) is 9.60. The summed E-state index contributed by atoms with van der Waals surface area (Å²) in [4.78, 5) is 14.9. The molecule has 140 valence electrons. The van der Waals surface area contributed by atoms with Crippen molar-refractivity contribution >= 4 is 5.91 Å². The smallest absolute Gasteiger partial charge is 0.227 e. The fraction of sp³-hybridized carbons (Fsp3) is 0.524. The maximum Gasteiger partial charge on any atom is 0.227 e. The first-order valence-corrected chi connectivity index (χ1v) is 9.42. The normalized spacial score (nSPS) is 20.2. The summed E-state index contributed by atoms with van der Waals surface area (Å²) in [6.07, 6.45) is 0.474. The van der Waals surface area contributed by atoms with E-state index >= 15 is 0 Å². The van der Waals surface area contributed by atoms with E-state index in [2.05, 4.69) is 18.9 Å². The summed E-state index contributed by atoms with van der Waals surface area (Å²) in [5.74, 6) is 0.568. The molecule has 2 heterocycles. The molecule has 1 N–H and O–H groups in total. The van der Waals surface area contributed by atoms with Crippen LogP contribution < -0.4 is 0 Å². The van der Waals surface area contributed by atoms with Crippen LogP contribution >= 0.6 is 0 Å². The molecular formula is C21H29N3O2. The van der Waals surface area contributed by atoms with E-state index in [0.29, 0.717) is 25.3 Å². The lowest BCUT2D eigenvalue weighted by atomic mass is 10.0. The Morgan fingerprint density at radius 3 is 2.62 bits per heavy atom. The van der Waals surface area contributed by atoms with E-state index in [-0.39, 0.29) is 11.9 Å². The predicted octanol–water partition coefficient (Wildman–Crippen LogP) is 3.03. The first-order valence-electron chi connectivity index (χ1n) is 9.42. The van der Waals surface area contributed by atoms with E-state index in [1.54, 1.807) is 0 Å². The third-order valence-corrected chi connectivity index (χ3v) is 5.18. The largest absolute Gasteiger partial charge is 0.391 e. The van der Waals surface area contributed by atoms with E-state index in [0.717, 1.165) is 29.1 Å². The highest BCUT2D eigenvalue weighted by molar-refractivity contribution is 5.80. The van der Waals surface area contributed by atoms with Gasteiger partial charge < -0.3 is 10.0 Å². The molecule has 0 aliphatic carbocycles. The van der Waals surface area contributed by atoms with Gasteiger partial charge in [-0.15, -0.1) is 0 Å². The van der Waals surface area contributed by atoms with E-state index in [1.807, 2.05) is 53.8 Å². The molecule has 0 radical (unpaired) electrons. The van der Waals surface area contributed by atoms with Gasteiger partial charge in [-0.2, -0.15) is 5.10 Å². The molecule has 1 aliphatic heterocycles. The van der Waals surface area contributed by atoms with Crippen LogP contribution in [0.2, 0.25) is 0 Å². The van der Waals surface area contributed by atoms with Crippen molar-refractivity contribution in [2.75, 3.05) is 6.54 Å². The van der Waals surface area contributed by atoms with Crippen LogP contribution in [0.5, 0.6) is 0 Å². The molecule has 1 aliphatic rings. The Kier molecular flexibility index (Phi) is 5.47. The number of aromatic nitrogens is 2. The first-order chi connectivity index (χ1) is 12.4. The number of carbonyl (C=O) groups excluding carboxylic acids is 1. The number of aliphatic hydroxyl groups excluding tert-OH is 1. The number of hydrogen-bond donors (Lipinski definition) is 1. The molecular weight excluding hydrogens is 326 g/mol. The number of aliphatic hydroxyl groups is 1. The van der Waals surface area contributed by atoms with E-state index in [1.165, 1.54) is 0 Å². The fourth-order valence-electron chi connectivity index (χ4n) is 3.85. The minimum absolute atomic E-state index is 0.0509. The lowest BCUT2D eigenvalue weighted by Gasteiger charge is -2.25. The molecule has 2 aromatic rings. The zero-order chi connectivity index (χ0) is 18.8. The van der Waals surface area contributed by atoms with Gasteiger partial charge in [-0.1, -0.05) is 44.2 Å². The van der Waals surface area contributed by atoms with E-state index in [4.69, 9.17) is 0 Å². The zero-order valence-corrected chi connectivity index (χ0v) is 16.1. The van der Waals surface area contributed by atoms with Crippen molar-refractivity contribution in [1.29, 1.82) is 0 Å². The molecule has 26 heavy (non-hydrogen) atoms. The van der Waals surface area contributed by atoms with Crippen LogP contribution in [-0.2, 0) is 17.8 Å². The van der Waals surface area contributed by atoms with Gasteiger partial charge in [-0.3, -0.25) is 9.48 Å². The van der Waals surface area contributed by atoms with Gasteiger partial charge in [0, 0.05) is 24.3 Å². The molecule has 3 rings (SSSR count). The second-order valence-electron chi connectivity index (χ2n) is 7.76. The topological polar surface area (TPSA) is 58.4 Å². The van der Waals surface area contributed by atoms with Crippen molar-refractivity contribution in [3.63, 3.8) is 0 Å². The Bertz CT molecular complexity index is 767.